The molecule has 0 atom stereocenters. The van der Waals surface area contributed by atoms with E-state index < -0.39 is 0 Å². The van der Waals surface area contributed by atoms with Crippen LogP contribution >= 0.6 is 0 Å². The fraction of sp³-hybridized carbons (Fsp3) is 0.474. The average molecular weight is 323 g/mol. The van der Waals surface area contributed by atoms with Gasteiger partial charge in [-0.05, 0) is 24.3 Å². The largest absolute Gasteiger partial charge is 0.300 e. The SMILES string of the molecule is c1ccc(CN2CCN3CCN(CC3)Cc3cccc(n3)C2)nc1. The highest BCUT2D eigenvalue weighted by Gasteiger charge is 2.20. The van der Waals surface area contributed by atoms with Gasteiger partial charge in [-0.3, -0.25) is 24.7 Å². The van der Waals surface area contributed by atoms with Gasteiger partial charge in [0.05, 0.1) is 17.1 Å². The maximum absolute atomic E-state index is 4.90. The van der Waals surface area contributed by atoms with Gasteiger partial charge in [0, 0.05) is 65.1 Å². The molecule has 3 aliphatic heterocycles. The first kappa shape index (κ1) is 15.7. The zero-order valence-corrected chi connectivity index (χ0v) is 14.1. The lowest BCUT2D eigenvalue weighted by atomic mass is 10.2. The highest BCUT2D eigenvalue weighted by atomic mass is 15.3. The van der Waals surface area contributed by atoms with Gasteiger partial charge in [-0.15, -0.1) is 0 Å². The van der Waals surface area contributed by atoms with E-state index in [9.17, 15) is 0 Å². The van der Waals surface area contributed by atoms with Gasteiger partial charge in [0.25, 0.3) is 0 Å². The van der Waals surface area contributed by atoms with Crippen LogP contribution in [0.1, 0.15) is 17.1 Å². The van der Waals surface area contributed by atoms with Crippen LogP contribution in [0.15, 0.2) is 42.6 Å². The third kappa shape index (κ3) is 3.98. The van der Waals surface area contributed by atoms with Crippen molar-refractivity contribution in [3.63, 3.8) is 0 Å². The molecule has 1 saturated heterocycles. The first-order chi connectivity index (χ1) is 11.8. The van der Waals surface area contributed by atoms with Crippen molar-refractivity contribution in [3.05, 3.63) is 59.7 Å². The zero-order valence-electron chi connectivity index (χ0n) is 14.1. The van der Waals surface area contributed by atoms with E-state index in [0.29, 0.717) is 0 Å². The molecule has 3 aliphatic rings. The van der Waals surface area contributed by atoms with E-state index in [0.717, 1.165) is 70.3 Å². The van der Waals surface area contributed by atoms with Gasteiger partial charge in [-0.1, -0.05) is 12.1 Å². The number of piperazine rings is 1. The smallest absolute Gasteiger partial charge is 0.0548 e. The third-order valence-electron chi connectivity index (χ3n) is 4.94. The lowest BCUT2D eigenvalue weighted by Crippen LogP contribution is -2.48. The summed E-state index contributed by atoms with van der Waals surface area (Å²) in [7, 11) is 0. The minimum atomic E-state index is 0.882. The van der Waals surface area contributed by atoms with Crippen molar-refractivity contribution in [2.24, 2.45) is 0 Å². The molecule has 5 nitrogen and oxygen atoms in total. The molecule has 5 rings (SSSR count). The Morgan fingerprint density at radius 1 is 0.750 bits per heavy atom. The van der Waals surface area contributed by atoms with Crippen LogP contribution < -0.4 is 0 Å². The Morgan fingerprint density at radius 3 is 2.29 bits per heavy atom. The van der Waals surface area contributed by atoms with Crippen molar-refractivity contribution in [3.8, 4) is 0 Å². The number of nitrogens with zero attached hydrogens (tertiary/aromatic N) is 5. The fourth-order valence-corrected chi connectivity index (χ4v) is 3.55. The van der Waals surface area contributed by atoms with Crippen LogP contribution in [0.3, 0.4) is 0 Å². The Hall–Kier alpha value is -1.82. The number of fused-ring (bicyclic) bond motifs is 5. The summed E-state index contributed by atoms with van der Waals surface area (Å²) in [6.07, 6.45) is 1.88. The molecule has 5 heteroatoms. The molecule has 0 amide bonds. The van der Waals surface area contributed by atoms with E-state index >= 15 is 0 Å². The summed E-state index contributed by atoms with van der Waals surface area (Å²) in [5, 5.41) is 0. The fourth-order valence-electron chi connectivity index (χ4n) is 3.55. The second-order valence-corrected chi connectivity index (χ2v) is 6.77. The van der Waals surface area contributed by atoms with Gasteiger partial charge < -0.3 is 0 Å². The number of rotatable bonds is 2. The Morgan fingerprint density at radius 2 is 1.50 bits per heavy atom. The van der Waals surface area contributed by atoms with Gasteiger partial charge in [-0.25, -0.2) is 0 Å². The minimum absolute atomic E-state index is 0.882. The zero-order chi connectivity index (χ0) is 16.2. The highest BCUT2D eigenvalue weighted by Crippen LogP contribution is 2.13. The van der Waals surface area contributed by atoms with Crippen molar-refractivity contribution in [2.75, 3.05) is 39.3 Å². The molecular formula is C19H25N5. The van der Waals surface area contributed by atoms with E-state index in [1.807, 2.05) is 12.3 Å². The minimum Gasteiger partial charge on any atom is -0.300 e. The quantitative estimate of drug-likeness (QED) is 0.839. The normalized spacial score (nSPS) is 25.0. The van der Waals surface area contributed by atoms with E-state index in [1.165, 1.54) is 5.69 Å². The molecule has 0 unspecified atom stereocenters. The summed E-state index contributed by atoms with van der Waals surface area (Å²) in [6.45, 7) is 9.54. The van der Waals surface area contributed by atoms with Crippen molar-refractivity contribution in [1.29, 1.82) is 0 Å². The summed E-state index contributed by atoms with van der Waals surface area (Å²) >= 11 is 0. The summed E-state index contributed by atoms with van der Waals surface area (Å²) in [4.78, 5) is 17.0. The van der Waals surface area contributed by atoms with E-state index in [1.54, 1.807) is 0 Å². The molecule has 0 spiro atoms. The summed E-state index contributed by atoms with van der Waals surface area (Å²) in [5.41, 5.74) is 3.49. The maximum Gasteiger partial charge on any atom is 0.0548 e. The highest BCUT2D eigenvalue weighted by molar-refractivity contribution is 5.12. The maximum atomic E-state index is 4.90. The second kappa shape index (κ2) is 7.38. The molecule has 126 valence electrons. The lowest BCUT2D eigenvalue weighted by Gasteiger charge is -2.36. The van der Waals surface area contributed by atoms with Crippen molar-refractivity contribution < 1.29 is 0 Å². The van der Waals surface area contributed by atoms with Crippen LogP contribution in [0.25, 0.3) is 0 Å². The second-order valence-electron chi connectivity index (χ2n) is 6.77. The predicted molar refractivity (Wildman–Crippen MR) is 94.3 cm³/mol. The monoisotopic (exact) mass is 323 g/mol. The topological polar surface area (TPSA) is 35.5 Å². The van der Waals surface area contributed by atoms with Crippen molar-refractivity contribution in [2.45, 2.75) is 19.6 Å². The van der Waals surface area contributed by atoms with E-state index in [4.69, 9.17) is 4.98 Å². The van der Waals surface area contributed by atoms with Crippen LogP contribution in [-0.4, -0.2) is 63.9 Å². The average Bonchev–Trinajstić information content (AvgIpc) is 2.61. The molecule has 5 heterocycles. The Labute approximate surface area is 143 Å². The van der Waals surface area contributed by atoms with Crippen LogP contribution in [0.2, 0.25) is 0 Å². The summed E-state index contributed by atoms with van der Waals surface area (Å²) in [6, 6.07) is 12.6. The molecule has 2 aromatic heterocycles. The van der Waals surface area contributed by atoms with Gasteiger partial charge in [0.15, 0.2) is 0 Å². The van der Waals surface area contributed by atoms with Crippen molar-refractivity contribution >= 4 is 0 Å². The molecular weight excluding hydrogens is 298 g/mol. The third-order valence-corrected chi connectivity index (χ3v) is 4.94. The van der Waals surface area contributed by atoms with Crippen LogP contribution in [0.4, 0.5) is 0 Å². The van der Waals surface area contributed by atoms with Gasteiger partial charge in [0.1, 0.15) is 0 Å². The Balaban J connectivity index is 1.56. The number of pyridine rings is 2. The van der Waals surface area contributed by atoms with Crippen LogP contribution in [-0.2, 0) is 19.6 Å². The van der Waals surface area contributed by atoms with E-state index in [-0.39, 0.29) is 0 Å². The van der Waals surface area contributed by atoms with Gasteiger partial charge in [0.2, 0.25) is 0 Å². The van der Waals surface area contributed by atoms with Crippen LogP contribution in [0, 0.1) is 0 Å². The lowest BCUT2D eigenvalue weighted by molar-refractivity contribution is 0.107. The molecule has 0 N–H and O–H groups in total. The molecule has 0 radical (unpaired) electrons. The first-order valence-corrected chi connectivity index (χ1v) is 8.87. The van der Waals surface area contributed by atoms with Gasteiger partial charge >= 0.3 is 0 Å². The standard InChI is InChI=1S/C19H25N5/c1-2-7-20-17(4-1)14-24-13-10-22-8-11-23(12-9-22)15-18-5-3-6-19(16-24)21-18/h1-7H,8-16H2. The molecule has 4 bridgehead atoms. The Kier molecular flexibility index (Phi) is 4.83. The summed E-state index contributed by atoms with van der Waals surface area (Å²) in [5.74, 6) is 0. The molecule has 1 fully saturated rings. The van der Waals surface area contributed by atoms with Crippen LogP contribution in [0.5, 0.6) is 0 Å². The van der Waals surface area contributed by atoms with Crippen molar-refractivity contribution in [1.82, 2.24) is 24.7 Å². The Bertz CT molecular complexity index is 652. The molecule has 2 aromatic rings. The van der Waals surface area contributed by atoms with E-state index in [2.05, 4.69) is 50.0 Å². The molecule has 0 saturated carbocycles. The summed E-state index contributed by atoms with van der Waals surface area (Å²) < 4.78 is 0. The first-order valence-electron chi connectivity index (χ1n) is 8.87. The number of aromatic nitrogens is 2. The predicted octanol–water partition coefficient (Wildman–Crippen LogP) is 1.61. The molecule has 24 heavy (non-hydrogen) atoms. The molecule has 0 aromatic carbocycles. The van der Waals surface area contributed by atoms with Gasteiger partial charge in [-0.2, -0.15) is 0 Å². The molecule has 0 aliphatic carbocycles. The number of hydrogen-bond acceptors (Lipinski definition) is 5. The number of hydrogen-bond donors (Lipinski definition) is 0.